The molecule has 0 aliphatic rings. The molecule has 4 nitrogen and oxygen atoms in total. The van der Waals surface area contributed by atoms with Crippen LogP contribution in [0.15, 0.2) is 46.9 Å². The molecule has 0 unspecified atom stereocenters. The van der Waals surface area contributed by atoms with E-state index in [1.807, 2.05) is 26.8 Å². The van der Waals surface area contributed by atoms with Crippen LogP contribution in [-0.2, 0) is 0 Å². The Morgan fingerprint density at radius 2 is 1.57 bits per heavy atom. The molecule has 2 aromatic carbocycles. The van der Waals surface area contributed by atoms with Crippen LogP contribution in [-0.4, -0.2) is 17.9 Å². The number of hydrogen-bond donors (Lipinski definition) is 2. The first-order valence-corrected chi connectivity index (χ1v) is 8.14. The van der Waals surface area contributed by atoms with E-state index < -0.39 is 0 Å². The monoisotopic (exact) mass is 374 g/mol. The normalized spacial score (nSPS) is 10.5. The fourth-order valence-corrected chi connectivity index (χ4v) is 2.37. The van der Waals surface area contributed by atoms with Gasteiger partial charge in [0.25, 0.3) is 11.8 Å². The fraction of sp³-hybridized carbons (Fsp3) is 0.222. The van der Waals surface area contributed by atoms with Gasteiger partial charge < -0.3 is 10.6 Å². The number of benzene rings is 2. The summed E-state index contributed by atoms with van der Waals surface area (Å²) in [4.78, 5) is 24.1. The van der Waals surface area contributed by atoms with Gasteiger partial charge in [-0.15, -0.1) is 0 Å². The molecule has 0 aliphatic heterocycles. The summed E-state index contributed by atoms with van der Waals surface area (Å²) in [5.41, 5.74) is 2.86. The fourth-order valence-electron chi connectivity index (χ4n) is 1.99. The maximum Gasteiger partial charge on any atom is 0.255 e. The van der Waals surface area contributed by atoms with Crippen molar-refractivity contribution in [1.82, 2.24) is 5.32 Å². The van der Waals surface area contributed by atoms with E-state index in [1.165, 1.54) is 0 Å². The minimum absolute atomic E-state index is 0.0851. The Morgan fingerprint density at radius 1 is 0.957 bits per heavy atom. The zero-order valence-electron chi connectivity index (χ0n) is 13.3. The van der Waals surface area contributed by atoms with Crippen LogP contribution in [0.2, 0.25) is 0 Å². The van der Waals surface area contributed by atoms with Crippen LogP contribution in [0.1, 0.15) is 40.1 Å². The van der Waals surface area contributed by atoms with E-state index >= 15 is 0 Å². The van der Waals surface area contributed by atoms with Gasteiger partial charge in [0.15, 0.2) is 0 Å². The molecule has 0 heterocycles. The molecule has 2 aromatic rings. The molecule has 120 valence electrons. The number of carbonyl (C=O) groups is 2. The van der Waals surface area contributed by atoms with Crippen molar-refractivity contribution in [3.05, 3.63) is 63.6 Å². The van der Waals surface area contributed by atoms with E-state index in [9.17, 15) is 9.59 Å². The maximum atomic E-state index is 12.2. The van der Waals surface area contributed by atoms with E-state index in [1.54, 1.807) is 36.4 Å². The first-order chi connectivity index (χ1) is 10.9. The molecule has 23 heavy (non-hydrogen) atoms. The Labute approximate surface area is 144 Å². The number of anilines is 1. The molecule has 0 saturated carbocycles. The molecule has 0 aromatic heterocycles. The van der Waals surface area contributed by atoms with Crippen LogP contribution in [0.3, 0.4) is 0 Å². The van der Waals surface area contributed by atoms with Crippen molar-refractivity contribution in [2.75, 3.05) is 5.32 Å². The number of halogens is 1. The molecule has 2 amide bonds. The van der Waals surface area contributed by atoms with E-state index in [-0.39, 0.29) is 17.9 Å². The van der Waals surface area contributed by atoms with Gasteiger partial charge in [-0.05, 0) is 62.7 Å². The smallest absolute Gasteiger partial charge is 0.255 e. The van der Waals surface area contributed by atoms with Gasteiger partial charge >= 0.3 is 0 Å². The van der Waals surface area contributed by atoms with E-state index in [2.05, 4.69) is 26.6 Å². The summed E-state index contributed by atoms with van der Waals surface area (Å²) in [5.74, 6) is -0.314. The molecular formula is C18H19BrN2O2. The third-order valence-corrected chi connectivity index (χ3v) is 4.11. The standard InChI is InChI=1S/C18H19BrN2O2/c1-11(2)20-17(22)13-6-8-15(9-7-13)21-18(23)14-5-4-12(3)16(19)10-14/h4-11H,1-3H3,(H,20,22)(H,21,23). The highest BCUT2D eigenvalue weighted by atomic mass is 79.9. The quantitative estimate of drug-likeness (QED) is 0.844. The molecule has 0 spiro atoms. The SMILES string of the molecule is Cc1ccc(C(=O)Nc2ccc(C(=O)NC(C)C)cc2)cc1Br. The lowest BCUT2D eigenvalue weighted by molar-refractivity contribution is 0.0942. The van der Waals surface area contributed by atoms with Gasteiger partial charge in [-0.2, -0.15) is 0 Å². The predicted octanol–water partition coefficient (Wildman–Crippen LogP) is 4.15. The third kappa shape index (κ3) is 4.66. The second-order valence-corrected chi connectivity index (χ2v) is 6.48. The summed E-state index contributed by atoms with van der Waals surface area (Å²) < 4.78 is 0.894. The van der Waals surface area contributed by atoms with Crippen LogP contribution in [0.5, 0.6) is 0 Å². The Morgan fingerprint density at radius 3 is 2.13 bits per heavy atom. The zero-order valence-corrected chi connectivity index (χ0v) is 14.9. The first-order valence-electron chi connectivity index (χ1n) is 7.35. The summed E-state index contributed by atoms with van der Waals surface area (Å²) in [7, 11) is 0. The molecule has 0 aliphatic carbocycles. The highest BCUT2D eigenvalue weighted by molar-refractivity contribution is 9.10. The van der Waals surface area contributed by atoms with Gasteiger partial charge in [-0.1, -0.05) is 22.0 Å². The molecule has 0 saturated heterocycles. The second kappa shape index (κ2) is 7.42. The van der Waals surface area contributed by atoms with Crippen LogP contribution < -0.4 is 10.6 Å². The largest absolute Gasteiger partial charge is 0.350 e. The van der Waals surface area contributed by atoms with Crippen LogP contribution in [0.25, 0.3) is 0 Å². The molecule has 0 radical (unpaired) electrons. The van der Waals surface area contributed by atoms with Crippen molar-refractivity contribution < 1.29 is 9.59 Å². The topological polar surface area (TPSA) is 58.2 Å². The highest BCUT2D eigenvalue weighted by Gasteiger charge is 2.09. The molecular weight excluding hydrogens is 356 g/mol. The Balaban J connectivity index is 2.07. The summed E-state index contributed by atoms with van der Waals surface area (Å²) >= 11 is 3.42. The number of carbonyl (C=O) groups excluding carboxylic acids is 2. The maximum absolute atomic E-state index is 12.2. The van der Waals surface area contributed by atoms with E-state index in [4.69, 9.17) is 0 Å². The van der Waals surface area contributed by atoms with Crippen molar-refractivity contribution in [2.45, 2.75) is 26.8 Å². The van der Waals surface area contributed by atoms with Gasteiger partial charge in [0.2, 0.25) is 0 Å². The lowest BCUT2D eigenvalue weighted by atomic mass is 10.1. The number of amides is 2. The third-order valence-electron chi connectivity index (χ3n) is 3.26. The molecule has 0 atom stereocenters. The molecule has 2 N–H and O–H groups in total. The number of aryl methyl sites for hydroxylation is 1. The van der Waals surface area contributed by atoms with Crippen molar-refractivity contribution in [3.63, 3.8) is 0 Å². The van der Waals surface area contributed by atoms with Crippen molar-refractivity contribution >= 4 is 33.4 Å². The number of hydrogen-bond acceptors (Lipinski definition) is 2. The molecule has 2 rings (SSSR count). The zero-order chi connectivity index (χ0) is 17.0. The van der Waals surface area contributed by atoms with E-state index in [0.29, 0.717) is 16.8 Å². The predicted molar refractivity (Wildman–Crippen MR) is 95.9 cm³/mol. The second-order valence-electron chi connectivity index (χ2n) is 5.62. The molecule has 0 fully saturated rings. The summed E-state index contributed by atoms with van der Waals surface area (Å²) in [5, 5.41) is 5.65. The van der Waals surface area contributed by atoms with Gasteiger partial charge in [0.05, 0.1) is 0 Å². The van der Waals surface area contributed by atoms with Gasteiger partial charge in [-0.25, -0.2) is 0 Å². The van der Waals surface area contributed by atoms with E-state index in [0.717, 1.165) is 10.0 Å². The van der Waals surface area contributed by atoms with Crippen molar-refractivity contribution in [1.29, 1.82) is 0 Å². The summed E-state index contributed by atoms with van der Waals surface area (Å²) in [6.45, 7) is 5.78. The van der Waals surface area contributed by atoms with Gasteiger partial charge in [0, 0.05) is 27.3 Å². The minimum atomic E-state index is -0.190. The van der Waals surface area contributed by atoms with Crippen LogP contribution in [0, 0.1) is 6.92 Å². The number of nitrogens with one attached hydrogen (secondary N) is 2. The van der Waals surface area contributed by atoms with Gasteiger partial charge in [-0.3, -0.25) is 9.59 Å². The Bertz CT molecular complexity index is 724. The lowest BCUT2D eigenvalue weighted by Gasteiger charge is -2.10. The van der Waals surface area contributed by atoms with Gasteiger partial charge in [0.1, 0.15) is 0 Å². The summed E-state index contributed by atoms with van der Waals surface area (Å²) in [6.07, 6.45) is 0. The van der Waals surface area contributed by atoms with Crippen molar-refractivity contribution in [3.8, 4) is 0 Å². The minimum Gasteiger partial charge on any atom is -0.350 e. The Hall–Kier alpha value is -2.14. The molecule has 0 bridgehead atoms. The lowest BCUT2D eigenvalue weighted by Crippen LogP contribution is -2.30. The Kier molecular flexibility index (Phi) is 5.55. The van der Waals surface area contributed by atoms with Crippen molar-refractivity contribution in [2.24, 2.45) is 0 Å². The van der Waals surface area contributed by atoms with Crippen LogP contribution in [0.4, 0.5) is 5.69 Å². The highest BCUT2D eigenvalue weighted by Crippen LogP contribution is 2.19. The average molecular weight is 375 g/mol. The first kappa shape index (κ1) is 17.2. The molecule has 5 heteroatoms. The average Bonchev–Trinajstić information content (AvgIpc) is 2.50. The number of rotatable bonds is 4. The van der Waals surface area contributed by atoms with Crippen LogP contribution >= 0.6 is 15.9 Å². The summed E-state index contributed by atoms with van der Waals surface area (Å²) in [6, 6.07) is 12.4.